The first-order valence-electron chi connectivity index (χ1n) is 6.19. The normalized spacial score (nSPS) is 11.3. The molecular weight excluding hydrogens is 328 g/mol. The summed E-state index contributed by atoms with van der Waals surface area (Å²) in [4.78, 5) is 36.4. The van der Waals surface area contributed by atoms with Gasteiger partial charge >= 0.3 is 17.5 Å². The second-order valence-corrected chi connectivity index (χ2v) is 4.41. The molecule has 0 aliphatic heterocycles. The van der Waals surface area contributed by atoms with Crippen LogP contribution in [0.5, 0.6) is 0 Å². The SMILES string of the molecule is Cc1nn(C)c(C(=O)ON=C(N)c2ccc([N+](=O)[O-])o2)c1[N+](=O)[O-]. The Labute approximate surface area is 132 Å². The zero-order valence-corrected chi connectivity index (χ0v) is 12.3. The summed E-state index contributed by atoms with van der Waals surface area (Å²) in [6.07, 6.45) is 0. The van der Waals surface area contributed by atoms with E-state index in [1.807, 2.05) is 0 Å². The van der Waals surface area contributed by atoms with E-state index in [2.05, 4.69) is 15.1 Å². The summed E-state index contributed by atoms with van der Waals surface area (Å²) in [6.45, 7) is 1.36. The first-order valence-corrected chi connectivity index (χ1v) is 6.19. The lowest BCUT2D eigenvalue weighted by atomic mass is 10.3. The van der Waals surface area contributed by atoms with Crippen LogP contribution in [0.25, 0.3) is 0 Å². The first-order chi connectivity index (χ1) is 11.2. The van der Waals surface area contributed by atoms with Crippen LogP contribution in [0.2, 0.25) is 0 Å². The minimum Gasteiger partial charge on any atom is -0.397 e. The fraction of sp³-hybridized carbons (Fsp3) is 0.182. The van der Waals surface area contributed by atoms with Crippen molar-refractivity contribution >= 4 is 23.4 Å². The topological polar surface area (TPSA) is 182 Å². The summed E-state index contributed by atoms with van der Waals surface area (Å²) in [6, 6.07) is 2.19. The Bertz CT molecular complexity index is 864. The average molecular weight is 338 g/mol. The highest BCUT2D eigenvalue weighted by atomic mass is 16.7. The minimum absolute atomic E-state index is 0.0214. The van der Waals surface area contributed by atoms with Gasteiger partial charge < -0.3 is 15.0 Å². The van der Waals surface area contributed by atoms with Gasteiger partial charge in [-0.1, -0.05) is 5.16 Å². The van der Waals surface area contributed by atoms with Gasteiger partial charge in [0.05, 0.1) is 11.0 Å². The van der Waals surface area contributed by atoms with Crippen LogP contribution in [0, 0.1) is 27.2 Å². The molecule has 0 saturated carbocycles. The molecule has 0 atom stereocenters. The molecule has 2 N–H and O–H groups in total. The zero-order chi connectivity index (χ0) is 18.0. The van der Waals surface area contributed by atoms with Gasteiger partial charge in [-0.25, -0.2) is 4.79 Å². The number of carbonyl (C=O) groups is 1. The second-order valence-electron chi connectivity index (χ2n) is 4.41. The van der Waals surface area contributed by atoms with E-state index >= 15 is 0 Å². The molecule has 13 heteroatoms. The van der Waals surface area contributed by atoms with E-state index < -0.39 is 38.9 Å². The van der Waals surface area contributed by atoms with Crippen LogP contribution < -0.4 is 5.73 Å². The number of hydrogen-bond donors (Lipinski definition) is 1. The minimum atomic E-state index is -1.17. The molecule has 2 rings (SSSR count). The molecule has 0 saturated heterocycles. The third kappa shape index (κ3) is 3.03. The van der Waals surface area contributed by atoms with Crippen molar-refractivity contribution in [2.45, 2.75) is 6.92 Å². The lowest BCUT2D eigenvalue weighted by Gasteiger charge is -1.99. The summed E-state index contributed by atoms with van der Waals surface area (Å²) in [5, 5.41) is 28.5. The maximum absolute atomic E-state index is 12.0. The van der Waals surface area contributed by atoms with Gasteiger partial charge in [-0.05, 0) is 13.0 Å². The van der Waals surface area contributed by atoms with E-state index in [1.54, 1.807) is 0 Å². The van der Waals surface area contributed by atoms with Gasteiger partial charge in [0.25, 0.3) is 0 Å². The smallest absolute Gasteiger partial charge is 0.397 e. The van der Waals surface area contributed by atoms with Crippen molar-refractivity contribution in [3.05, 3.63) is 49.5 Å². The highest BCUT2D eigenvalue weighted by Crippen LogP contribution is 2.23. The number of amidine groups is 1. The number of nitrogens with two attached hydrogens (primary N) is 1. The second kappa shape index (κ2) is 6.15. The molecule has 126 valence electrons. The third-order valence-corrected chi connectivity index (χ3v) is 2.82. The van der Waals surface area contributed by atoms with Crippen LogP contribution in [-0.2, 0) is 11.9 Å². The van der Waals surface area contributed by atoms with Gasteiger partial charge in [0.1, 0.15) is 10.6 Å². The number of aryl methyl sites for hydroxylation is 2. The van der Waals surface area contributed by atoms with Crippen LogP contribution in [0.3, 0.4) is 0 Å². The van der Waals surface area contributed by atoms with E-state index in [4.69, 9.17) is 10.2 Å². The standard InChI is InChI=1S/C11H10N6O7/c1-5-8(17(21)22)9(15(2)13-5)11(18)24-14-10(12)6-3-4-7(23-6)16(19)20/h3-4H,1-2H3,(H2,12,14). The quantitative estimate of drug-likeness (QED) is 0.268. The van der Waals surface area contributed by atoms with Crippen LogP contribution in [0.15, 0.2) is 21.7 Å². The van der Waals surface area contributed by atoms with Crippen molar-refractivity contribution in [3.8, 4) is 0 Å². The number of oxime groups is 1. The van der Waals surface area contributed by atoms with Gasteiger partial charge in [-0.15, -0.1) is 0 Å². The van der Waals surface area contributed by atoms with Crippen LogP contribution >= 0.6 is 0 Å². The Morgan fingerprint density at radius 1 is 1.38 bits per heavy atom. The number of nitrogens with zero attached hydrogens (tertiary/aromatic N) is 5. The number of furan rings is 1. The molecule has 0 unspecified atom stereocenters. The number of rotatable bonds is 5. The molecule has 0 aromatic carbocycles. The Morgan fingerprint density at radius 2 is 2.04 bits per heavy atom. The van der Waals surface area contributed by atoms with Crippen molar-refractivity contribution in [1.29, 1.82) is 0 Å². The molecule has 13 nitrogen and oxygen atoms in total. The van der Waals surface area contributed by atoms with Crippen molar-refractivity contribution < 1.29 is 23.9 Å². The number of nitro groups is 2. The maximum Gasteiger partial charge on any atom is 0.433 e. The van der Waals surface area contributed by atoms with Crippen molar-refractivity contribution in [1.82, 2.24) is 9.78 Å². The Balaban J connectivity index is 2.24. The lowest BCUT2D eigenvalue weighted by molar-refractivity contribution is -0.402. The molecule has 0 fully saturated rings. The van der Waals surface area contributed by atoms with Crippen LogP contribution in [0.4, 0.5) is 11.6 Å². The number of carbonyl (C=O) groups excluding carboxylic acids is 1. The Kier molecular flexibility index (Phi) is 4.25. The van der Waals surface area contributed by atoms with Crippen molar-refractivity contribution in [3.63, 3.8) is 0 Å². The molecule has 0 aliphatic carbocycles. The highest BCUT2D eigenvalue weighted by Gasteiger charge is 2.31. The molecule has 0 spiro atoms. The predicted molar refractivity (Wildman–Crippen MR) is 76.1 cm³/mol. The number of aromatic nitrogens is 2. The van der Waals surface area contributed by atoms with E-state index in [1.165, 1.54) is 14.0 Å². The van der Waals surface area contributed by atoms with Crippen molar-refractivity contribution in [2.75, 3.05) is 0 Å². The third-order valence-electron chi connectivity index (χ3n) is 2.82. The maximum atomic E-state index is 12.0. The lowest BCUT2D eigenvalue weighted by Crippen LogP contribution is -2.16. The summed E-state index contributed by atoms with van der Waals surface area (Å²) in [7, 11) is 1.32. The molecule has 0 bridgehead atoms. The zero-order valence-electron chi connectivity index (χ0n) is 12.3. The van der Waals surface area contributed by atoms with Gasteiger partial charge in [0, 0.05) is 7.05 Å². The molecular formula is C11H10N6O7. The van der Waals surface area contributed by atoms with E-state index in [9.17, 15) is 25.0 Å². The van der Waals surface area contributed by atoms with Crippen molar-refractivity contribution in [2.24, 2.45) is 17.9 Å². The summed E-state index contributed by atoms with van der Waals surface area (Å²) >= 11 is 0. The largest absolute Gasteiger partial charge is 0.433 e. The molecule has 2 aromatic rings. The average Bonchev–Trinajstić information content (AvgIpc) is 3.08. The molecule has 2 aromatic heterocycles. The molecule has 24 heavy (non-hydrogen) atoms. The highest BCUT2D eigenvalue weighted by molar-refractivity contribution is 5.96. The molecule has 2 heterocycles. The van der Waals surface area contributed by atoms with Gasteiger partial charge in [0.2, 0.25) is 11.5 Å². The summed E-state index contributed by atoms with van der Waals surface area (Å²) in [5.41, 5.74) is 4.54. The monoisotopic (exact) mass is 338 g/mol. The van der Waals surface area contributed by atoms with E-state index in [0.29, 0.717) is 0 Å². The fourth-order valence-corrected chi connectivity index (χ4v) is 1.84. The van der Waals surface area contributed by atoms with Crippen LogP contribution in [0.1, 0.15) is 21.9 Å². The summed E-state index contributed by atoms with van der Waals surface area (Å²) < 4.78 is 5.73. The van der Waals surface area contributed by atoms with Gasteiger partial charge in [-0.3, -0.25) is 24.9 Å². The van der Waals surface area contributed by atoms with Gasteiger partial charge in [-0.2, -0.15) is 5.10 Å². The predicted octanol–water partition coefficient (Wildman–Crippen LogP) is 0.615. The Morgan fingerprint density at radius 3 is 2.58 bits per heavy atom. The van der Waals surface area contributed by atoms with E-state index in [-0.39, 0.29) is 11.5 Å². The molecule has 0 radical (unpaired) electrons. The number of hydrogen-bond acceptors (Lipinski definition) is 9. The van der Waals surface area contributed by atoms with E-state index in [0.717, 1.165) is 16.8 Å². The van der Waals surface area contributed by atoms with Gasteiger partial charge in [0.15, 0.2) is 5.76 Å². The molecule has 0 amide bonds. The van der Waals surface area contributed by atoms with Crippen LogP contribution in [-0.4, -0.2) is 31.4 Å². The molecule has 0 aliphatic rings. The Hall–Kier alpha value is -3.77. The summed E-state index contributed by atoms with van der Waals surface area (Å²) in [5.74, 6) is -2.41. The first kappa shape index (κ1) is 16.6. The fourth-order valence-electron chi connectivity index (χ4n) is 1.84.